The van der Waals surface area contributed by atoms with Gasteiger partial charge in [-0.1, -0.05) is 0 Å². The van der Waals surface area contributed by atoms with Crippen LogP contribution < -0.4 is 20.5 Å². The van der Waals surface area contributed by atoms with Crippen LogP contribution in [0.3, 0.4) is 0 Å². The number of benzene rings is 1. The molecule has 3 N–H and O–H groups in total. The lowest BCUT2D eigenvalue weighted by Gasteiger charge is -2.09. The first-order valence-electron chi connectivity index (χ1n) is 5.55. The Labute approximate surface area is 110 Å². The molecule has 0 saturated heterocycles. The molecule has 100 valence electrons. The predicted molar refractivity (Wildman–Crippen MR) is 71.4 cm³/mol. The van der Waals surface area contributed by atoms with E-state index in [1.54, 1.807) is 18.2 Å². The number of pyridine rings is 1. The van der Waals surface area contributed by atoms with Gasteiger partial charge in [0.2, 0.25) is 5.88 Å². The van der Waals surface area contributed by atoms with Gasteiger partial charge < -0.3 is 20.5 Å². The van der Waals surface area contributed by atoms with Gasteiger partial charge in [0.25, 0.3) is 0 Å². The average Bonchev–Trinajstić information content (AvgIpc) is 2.41. The maximum absolute atomic E-state index is 13.5. The molecule has 0 fully saturated rings. The van der Waals surface area contributed by atoms with E-state index < -0.39 is 5.82 Å². The van der Waals surface area contributed by atoms with Gasteiger partial charge in [-0.3, -0.25) is 0 Å². The lowest BCUT2D eigenvalue weighted by molar-refractivity contribution is 0.386. The summed E-state index contributed by atoms with van der Waals surface area (Å²) in [6.45, 7) is 0. The number of nitrogens with one attached hydrogen (secondary N) is 1. The summed E-state index contributed by atoms with van der Waals surface area (Å²) in [6, 6.07) is 7.88. The largest absolute Gasteiger partial charge is 0.494 e. The van der Waals surface area contributed by atoms with Gasteiger partial charge in [0.15, 0.2) is 11.6 Å². The van der Waals surface area contributed by atoms with Crippen LogP contribution in [0.25, 0.3) is 0 Å². The molecule has 0 radical (unpaired) electrons. The van der Waals surface area contributed by atoms with Crippen molar-refractivity contribution in [1.29, 1.82) is 0 Å². The van der Waals surface area contributed by atoms with E-state index in [-0.39, 0.29) is 5.75 Å². The van der Waals surface area contributed by atoms with Gasteiger partial charge in [0.05, 0.1) is 19.9 Å². The molecule has 1 heterocycles. The van der Waals surface area contributed by atoms with E-state index >= 15 is 0 Å². The van der Waals surface area contributed by atoms with Crippen LogP contribution in [0.4, 0.5) is 21.6 Å². The summed E-state index contributed by atoms with van der Waals surface area (Å²) in [5.74, 6) is 0.568. The van der Waals surface area contributed by atoms with E-state index in [0.717, 1.165) is 0 Å². The Hall–Kier alpha value is -2.50. The lowest BCUT2D eigenvalue weighted by Crippen LogP contribution is -1.99. The zero-order chi connectivity index (χ0) is 13.8. The van der Waals surface area contributed by atoms with E-state index in [1.165, 1.54) is 26.4 Å². The van der Waals surface area contributed by atoms with Crippen LogP contribution in [0.1, 0.15) is 0 Å². The van der Waals surface area contributed by atoms with Crippen LogP contribution in [0.5, 0.6) is 11.6 Å². The molecular weight excluding hydrogens is 249 g/mol. The van der Waals surface area contributed by atoms with E-state index in [0.29, 0.717) is 23.1 Å². The van der Waals surface area contributed by atoms with Crippen LogP contribution in [0.15, 0.2) is 30.3 Å². The van der Waals surface area contributed by atoms with Gasteiger partial charge >= 0.3 is 0 Å². The zero-order valence-electron chi connectivity index (χ0n) is 10.6. The van der Waals surface area contributed by atoms with Crippen molar-refractivity contribution >= 4 is 17.2 Å². The summed E-state index contributed by atoms with van der Waals surface area (Å²) in [6.07, 6.45) is 0. The third-order valence-corrected chi connectivity index (χ3v) is 2.51. The number of rotatable bonds is 4. The Kier molecular flexibility index (Phi) is 3.70. The minimum atomic E-state index is -0.449. The molecule has 19 heavy (non-hydrogen) atoms. The van der Waals surface area contributed by atoms with Crippen molar-refractivity contribution < 1.29 is 13.9 Å². The summed E-state index contributed by atoms with van der Waals surface area (Å²) < 4.78 is 23.4. The number of halogens is 1. The minimum Gasteiger partial charge on any atom is -0.494 e. The first-order chi connectivity index (χ1) is 9.13. The third kappa shape index (κ3) is 2.85. The van der Waals surface area contributed by atoms with Crippen LogP contribution in [0, 0.1) is 5.82 Å². The maximum atomic E-state index is 13.5. The van der Waals surface area contributed by atoms with Gasteiger partial charge in [-0.2, -0.15) is 4.98 Å². The van der Waals surface area contributed by atoms with Gasteiger partial charge in [-0.25, -0.2) is 4.39 Å². The van der Waals surface area contributed by atoms with E-state index in [4.69, 9.17) is 15.2 Å². The molecule has 0 unspecified atom stereocenters. The van der Waals surface area contributed by atoms with Crippen LogP contribution >= 0.6 is 0 Å². The normalized spacial score (nSPS) is 10.1. The lowest BCUT2D eigenvalue weighted by atomic mass is 10.3. The number of nitrogens with zero attached hydrogens (tertiary/aromatic N) is 1. The molecule has 0 amide bonds. The number of methoxy groups -OCH3 is 2. The second kappa shape index (κ2) is 5.43. The number of nitrogens with two attached hydrogens (primary N) is 1. The first kappa shape index (κ1) is 12.9. The molecule has 0 bridgehead atoms. The standard InChI is InChI=1S/C13H14FN3O2/c1-18-11-5-3-8(7-9(11)14)16-12-6-4-10(15)13(17-12)19-2/h3-7H,15H2,1-2H3,(H,16,17). The Balaban J connectivity index is 2.23. The second-order valence-corrected chi connectivity index (χ2v) is 3.77. The topological polar surface area (TPSA) is 69.4 Å². The Morgan fingerprint density at radius 3 is 2.58 bits per heavy atom. The van der Waals surface area contributed by atoms with Gasteiger partial charge in [0, 0.05) is 11.8 Å². The molecule has 2 rings (SSSR count). The van der Waals surface area contributed by atoms with Crippen LogP contribution in [-0.4, -0.2) is 19.2 Å². The van der Waals surface area contributed by atoms with E-state index in [1.807, 2.05) is 0 Å². The molecule has 0 atom stereocenters. The molecule has 0 aliphatic rings. The molecule has 6 heteroatoms. The molecule has 0 saturated carbocycles. The highest BCUT2D eigenvalue weighted by molar-refractivity contribution is 5.61. The Bertz CT molecular complexity index is 590. The summed E-state index contributed by atoms with van der Waals surface area (Å²) in [5.41, 5.74) is 6.66. The number of hydrogen-bond acceptors (Lipinski definition) is 5. The third-order valence-electron chi connectivity index (χ3n) is 2.51. The van der Waals surface area contributed by atoms with Gasteiger partial charge in [-0.15, -0.1) is 0 Å². The van der Waals surface area contributed by atoms with Crippen molar-refractivity contribution in [2.45, 2.75) is 0 Å². The van der Waals surface area contributed by atoms with Crippen molar-refractivity contribution in [1.82, 2.24) is 4.98 Å². The molecule has 0 aliphatic carbocycles. The molecule has 1 aromatic carbocycles. The van der Waals surface area contributed by atoms with Gasteiger partial charge in [-0.05, 0) is 24.3 Å². The molecule has 0 aliphatic heterocycles. The quantitative estimate of drug-likeness (QED) is 0.887. The first-order valence-corrected chi connectivity index (χ1v) is 5.55. The zero-order valence-corrected chi connectivity index (χ0v) is 10.6. The molecule has 1 aromatic heterocycles. The fourth-order valence-electron chi connectivity index (χ4n) is 1.58. The molecule has 2 aromatic rings. The highest BCUT2D eigenvalue weighted by atomic mass is 19.1. The molecule has 0 spiro atoms. The Morgan fingerprint density at radius 2 is 1.95 bits per heavy atom. The van der Waals surface area contributed by atoms with Crippen molar-refractivity contribution in [2.75, 3.05) is 25.3 Å². The highest BCUT2D eigenvalue weighted by Gasteiger charge is 2.06. The smallest absolute Gasteiger partial charge is 0.238 e. The fraction of sp³-hybridized carbons (Fsp3) is 0.154. The minimum absolute atomic E-state index is 0.188. The fourth-order valence-corrected chi connectivity index (χ4v) is 1.58. The summed E-state index contributed by atoms with van der Waals surface area (Å²) in [4.78, 5) is 4.15. The number of anilines is 3. The second-order valence-electron chi connectivity index (χ2n) is 3.77. The Morgan fingerprint density at radius 1 is 1.16 bits per heavy atom. The summed E-state index contributed by atoms with van der Waals surface area (Å²) in [7, 11) is 2.90. The van der Waals surface area contributed by atoms with Crippen LogP contribution in [0.2, 0.25) is 0 Å². The van der Waals surface area contributed by atoms with E-state index in [2.05, 4.69) is 10.3 Å². The van der Waals surface area contributed by atoms with Gasteiger partial charge in [0.1, 0.15) is 5.82 Å². The predicted octanol–water partition coefficient (Wildman–Crippen LogP) is 2.56. The number of aromatic nitrogens is 1. The van der Waals surface area contributed by atoms with Crippen molar-refractivity contribution in [2.24, 2.45) is 0 Å². The highest BCUT2D eigenvalue weighted by Crippen LogP contribution is 2.25. The van der Waals surface area contributed by atoms with E-state index in [9.17, 15) is 4.39 Å². The number of nitrogen functional groups attached to an aromatic ring is 1. The number of hydrogen-bond donors (Lipinski definition) is 2. The average molecular weight is 263 g/mol. The van der Waals surface area contributed by atoms with Crippen molar-refractivity contribution in [3.8, 4) is 11.6 Å². The molecule has 5 nitrogen and oxygen atoms in total. The van der Waals surface area contributed by atoms with Crippen molar-refractivity contribution in [3.05, 3.63) is 36.1 Å². The molecular formula is C13H14FN3O2. The van der Waals surface area contributed by atoms with Crippen LogP contribution in [-0.2, 0) is 0 Å². The monoisotopic (exact) mass is 263 g/mol. The summed E-state index contributed by atoms with van der Waals surface area (Å²) >= 11 is 0. The SMILES string of the molecule is COc1ccc(Nc2ccc(N)c(OC)n2)cc1F. The summed E-state index contributed by atoms with van der Waals surface area (Å²) in [5, 5.41) is 2.96. The maximum Gasteiger partial charge on any atom is 0.238 e. The van der Waals surface area contributed by atoms with Crippen molar-refractivity contribution in [3.63, 3.8) is 0 Å². The number of ether oxygens (including phenoxy) is 2.